The van der Waals surface area contributed by atoms with Crippen LogP contribution in [0.1, 0.15) is 19.1 Å². The molecule has 2 saturated heterocycles. The summed E-state index contributed by atoms with van der Waals surface area (Å²) in [5, 5.41) is 20.0. The van der Waals surface area contributed by atoms with Crippen molar-refractivity contribution < 1.29 is 19.7 Å². The van der Waals surface area contributed by atoms with Gasteiger partial charge in [0.05, 0.1) is 12.9 Å². The second kappa shape index (κ2) is 4.85. The number of anilines is 1. The highest BCUT2D eigenvalue weighted by Crippen LogP contribution is 2.47. The molecule has 4 atom stereocenters. The van der Waals surface area contributed by atoms with Crippen LogP contribution < -0.4 is 5.73 Å². The van der Waals surface area contributed by atoms with Crippen LogP contribution >= 0.6 is 0 Å². The van der Waals surface area contributed by atoms with Gasteiger partial charge in [-0.1, -0.05) is 0 Å². The first-order chi connectivity index (χ1) is 10.7. The quantitative estimate of drug-likeness (QED) is 0.658. The maximum absolute atomic E-state index is 10.5. The fourth-order valence-electron chi connectivity index (χ4n) is 3.41. The van der Waals surface area contributed by atoms with E-state index in [1.165, 1.54) is 6.33 Å². The van der Waals surface area contributed by atoms with Gasteiger partial charge in [-0.3, -0.25) is 4.57 Å². The van der Waals surface area contributed by atoms with Crippen LogP contribution in [0.3, 0.4) is 0 Å². The van der Waals surface area contributed by atoms with Gasteiger partial charge in [-0.2, -0.15) is 0 Å². The summed E-state index contributed by atoms with van der Waals surface area (Å²) in [4.78, 5) is 12.3. The highest BCUT2D eigenvalue weighted by atomic mass is 16.6. The molecular weight excluding hydrogens is 290 g/mol. The Morgan fingerprint density at radius 2 is 2.27 bits per heavy atom. The van der Waals surface area contributed by atoms with Crippen molar-refractivity contribution in [3.8, 4) is 0 Å². The SMILES string of the molecule is Nc1ncnc2c1ncn2[C@@H]1O[C@H](CO)[C@@H](O)[C@]12CCCO2. The van der Waals surface area contributed by atoms with Gasteiger partial charge in [-0.15, -0.1) is 0 Å². The van der Waals surface area contributed by atoms with Crippen molar-refractivity contribution in [3.63, 3.8) is 0 Å². The van der Waals surface area contributed by atoms with E-state index >= 15 is 0 Å². The van der Waals surface area contributed by atoms with Crippen LogP contribution in [-0.2, 0) is 9.47 Å². The number of aliphatic hydroxyl groups excluding tert-OH is 2. The maximum Gasteiger partial charge on any atom is 0.168 e. The molecule has 0 aliphatic carbocycles. The molecule has 0 amide bonds. The molecule has 0 bridgehead atoms. The predicted octanol–water partition coefficient (Wildman–Crippen LogP) is -0.792. The zero-order chi connectivity index (χ0) is 15.3. The molecule has 9 heteroatoms. The Bertz CT molecular complexity index is 699. The number of ether oxygens (including phenoxy) is 2. The monoisotopic (exact) mass is 307 g/mol. The van der Waals surface area contributed by atoms with Gasteiger partial charge in [0, 0.05) is 6.61 Å². The Labute approximate surface area is 125 Å². The lowest BCUT2D eigenvalue weighted by molar-refractivity contribution is -0.119. The van der Waals surface area contributed by atoms with Gasteiger partial charge in [0.25, 0.3) is 0 Å². The molecule has 4 heterocycles. The number of nitrogens with zero attached hydrogens (tertiary/aromatic N) is 4. The Morgan fingerprint density at radius 1 is 1.41 bits per heavy atom. The van der Waals surface area contributed by atoms with Crippen LogP contribution in [-0.4, -0.2) is 60.8 Å². The fourth-order valence-corrected chi connectivity index (χ4v) is 3.41. The molecule has 22 heavy (non-hydrogen) atoms. The van der Waals surface area contributed by atoms with Crippen LogP contribution in [0, 0.1) is 0 Å². The summed E-state index contributed by atoms with van der Waals surface area (Å²) in [7, 11) is 0. The van der Waals surface area contributed by atoms with Crippen molar-refractivity contribution in [1.82, 2.24) is 19.5 Å². The van der Waals surface area contributed by atoms with Crippen molar-refractivity contribution >= 4 is 17.0 Å². The number of rotatable bonds is 2. The lowest BCUT2D eigenvalue weighted by Crippen LogP contribution is -2.46. The van der Waals surface area contributed by atoms with Gasteiger partial charge in [-0.05, 0) is 12.8 Å². The van der Waals surface area contributed by atoms with Crippen molar-refractivity contribution in [2.45, 2.75) is 36.9 Å². The van der Waals surface area contributed by atoms with Gasteiger partial charge in [0.2, 0.25) is 0 Å². The molecule has 4 rings (SSSR count). The molecular formula is C13H17N5O4. The smallest absolute Gasteiger partial charge is 0.168 e. The van der Waals surface area contributed by atoms with E-state index < -0.39 is 24.0 Å². The summed E-state index contributed by atoms with van der Waals surface area (Å²) >= 11 is 0. The zero-order valence-electron chi connectivity index (χ0n) is 11.8. The number of aliphatic hydroxyl groups is 2. The van der Waals surface area contributed by atoms with E-state index in [0.29, 0.717) is 24.2 Å². The largest absolute Gasteiger partial charge is 0.394 e. The molecule has 2 aromatic rings. The third-order valence-electron chi connectivity index (χ3n) is 4.48. The lowest BCUT2D eigenvalue weighted by atomic mass is 9.91. The number of hydrogen-bond acceptors (Lipinski definition) is 8. The second-order valence-electron chi connectivity index (χ2n) is 5.64. The van der Waals surface area contributed by atoms with E-state index in [9.17, 15) is 10.2 Å². The Hall–Kier alpha value is -1.81. The Morgan fingerprint density at radius 3 is 3.00 bits per heavy atom. The summed E-state index contributed by atoms with van der Waals surface area (Å²) in [5.41, 5.74) is 5.89. The van der Waals surface area contributed by atoms with Gasteiger partial charge >= 0.3 is 0 Å². The number of fused-ring (bicyclic) bond motifs is 1. The van der Waals surface area contributed by atoms with Gasteiger partial charge in [0.1, 0.15) is 29.7 Å². The van der Waals surface area contributed by atoms with E-state index in [2.05, 4.69) is 15.0 Å². The normalized spacial score (nSPS) is 34.9. The molecule has 118 valence electrons. The topological polar surface area (TPSA) is 129 Å². The first-order valence-corrected chi connectivity index (χ1v) is 7.19. The van der Waals surface area contributed by atoms with E-state index in [4.69, 9.17) is 15.2 Å². The molecule has 9 nitrogen and oxygen atoms in total. The van der Waals surface area contributed by atoms with E-state index in [-0.39, 0.29) is 12.4 Å². The van der Waals surface area contributed by atoms with Gasteiger partial charge in [-0.25, -0.2) is 15.0 Å². The van der Waals surface area contributed by atoms with Gasteiger partial charge < -0.3 is 25.4 Å². The highest BCUT2D eigenvalue weighted by molar-refractivity contribution is 5.81. The maximum atomic E-state index is 10.5. The number of aromatic nitrogens is 4. The van der Waals surface area contributed by atoms with E-state index in [1.54, 1.807) is 10.9 Å². The molecule has 2 aliphatic rings. The third-order valence-corrected chi connectivity index (χ3v) is 4.48. The average Bonchev–Trinajstić information content (AvgIpc) is 3.21. The molecule has 2 aliphatic heterocycles. The lowest BCUT2D eigenvalue weighted by Gasteiger charge is -2.31. The van der Waals surface area contributed by atoms with Crippen LogP contribution in [0.5, 0.6) is 0 Å². The Balaban J connectivity index is 1.84. The number of hydrogen-bond donors (Lipinski definition) is 3. The van der Waals surface area contributed by atoms with Crippen LogP contribution in [0.2, 0.25) is 0 Å². The van der Waals surface area contributed by atoms with Crippen molar-refractivity contribution in [2.75, 3.05) is 18.9 Å². The minimum atomic E-state index is -0.915. The summed E-state index contributed by atoms with van der Waals surface area (Å²) < 4.78 is 13.4. The standard InChI is InChI=1S/C13H17N5O4/c14-10-8-11(16-5-15-10)18(6-17-8)12-13(2-1-3-21-13)9(20)7(4-19)22-12/h5-7,9,12,19-20H,1-4H2,(H2,14,15,16)/t7-,9-,12-,13-/m1/s1. The van der Waals surface area contributed by atoms with Gasteiger partial charge in [0.15, 0.2) is 17.7 Å². The molecule has 0 saturated carbocycles. The molecule has 0 unspecified atom stereocenters. The minimum Gasteiger partial charge on any atom is -0.394 e. The summed E-state index contributed by atoms with van der Waals surface area (Å²) in [6.45, 7) is 0.255. The second-order valence-corrected chi connectivity index (χ2v) is 5.64. The summed E-state index contributed by atoms with van der Waals surface area (Å²) in [6.07, 6.45) is 2.11. The fraction of sp³-hybridized carbons (Fsp3) is 0.615. The summed E-state index contributed by atoms with van der Waals surface area (Å²) in [6, 6.07) is 0. The van der Waals surface area contributed by atoms with Crippen LogP contribution in [0.25, 0.3) is 11.2 Å². The molecule has 2 aromatic heterocycles. The molecule has 4 N–H and O–H groups in total. The predicted molar refractivity (Wildman–Crippen MR) is 74.7 cm³/mol. The van der Waals surface area contributed by atoms with Crippen molar-refractivity contribution in [3.05, 3.63) is 12.7 Å². The summed E-state index contributed by atoms with van der Waals surface area (Å²) in [5.74, 6) is 0.280. The van der Waals surface area contributed by atoms with Crippen LogP contribution in [0.4, 0.5) is 5.82 Å². The average molecular weight is 307 g/mol. The number of nitrogens with two attached hydrogens (primary N) is 1. The molecule has 1 spiro atoms. The van der Waals surface area contributed by atoms with Crippen molar-refractivity contribution in [1.29, 1.82) is 0 Å². The molecule has 0 radical (unpaired) electrons. The third kappa shape index (κ3) is 1.70. The van der Waals surface area contributed by atoms with Crippen LogP contribution in [0.15, 0.2) is 12.7 Å². The number of nitrogen functional groups attached to an aromatic ring is 1. The van der Waals surface area contributed by atoms with Crippen molar-refractivity contribution in [2.24, 2.45) is 0 Å². The minimum absolute atomic E-state index is 0.280. The van der Waals surface area contributed by atoms with E-state index in [0.717, 1.165) is 6.42 Å². The van der Waals surface area contributed by atoms with E-state index in [1.807, 2.05) is 0 Å². The molecule has 2 fully saturated rings. The molecule has 0 aromatic carbocycles. The first kappa shape index (κ1) is 13.8. The Kier molecular flexibility index (Phi) is 3.05. The zero-order valence-corrected chi connectivity index (χ0v) is 11.8. The number of imidazole rings is 1. The first-order valence-electron chi connectivity index (χ1n) is 7.19. The highest BCUT2D eigenvalue weighted by Gasteiger charge is 2.59.